The highest BCUT2D eigenvalue weighted by Gasteiger charge is 2.29. The molecule has 1 heterocycles. The quantitative estimate of drug-likeness (QED) is 0.622. The van der Waals surface area contributed by atoms with E-state index >= 15 is 0 Å². The monoisotopic (exact) mass is 296 g/mol. The van der Waals surface area contributed by atoms with Gasteiger partial charge in [-0.3, -0.25) is 0 Å². The van der Waals surface area contributed by atoms with Crippen molar-refractivity contribution >= 4 is 33.6 Å². The molecule has 0 saturated carbocycles. The maximum Gasteiger partial charge on any atom is 0.344 e. The third-order valence-corrected chi connectivity index (χ3v) is 2.88. The summed E-state index contributed by atoms with van der Waals surface area (Å²) in [7, 11) is 0. The number of benzene rings is 1. The molecule has 0 bridgehead atoms. The minimum atomic E-state index is -0.529. The Kier molecular flexibility index (Phi) is 3.28. The topological polar surface area (TPSA) is 52.6 Å². The molecule has 1 aromatic rings. The molecule has 4 nitrogen and oxygen atoms in total. The number of ether oxygens (including phenoxy) is 2. The molecule has 0 amide bonds. The lowest BCUT2D eigenvalue weighted by atomic mass is 10.1. The van der Waals surface area contributed by atoms with E-state index in [0.29, 0.717) is 15.6 Å². The molecule has 1 aliphatic heterocycles. The van der Waals surface area contributed by atoms with E-state index in [-0.39, 0.29) is 12.4 Å². The van der Waals surface area contributed by atoms with Crippen molar-refractivity contribution in [2.24, 2.45) is 0 Å². The first-order valence-corrected chi connectivity index (χ1v) is 5.82. The minimum absolute atomic E-state index is 0.218. The van der Waals surface area contributed by atoms with Gasteiger partial charge in [-0.25, -0.2) is 9.59 Å². The van der Waals surface area contributed by atoms with Gasteiger partial charge < -0.3 is 9.47 Å². The van der Waals surface area contributed by atoms with E-state index in [4.69, 9.17) is 9.47 Å². The number of hydrogen-bond acceptors (Lipinski definition) is 4. The summed E-state index contributed by atoms with van der Waals surface area (Å²) in [6.07, 6.45) is 1.18. The standard InChI is InChI=1S/C12H9BrO4/c1-2-16-10(14)6-9-11-7(12(15)17-9)4-3-5-8(11)13/h3-6H,2H2,1H3. The van der Waals surface area contributed by atoms with Gasteiger partial charge in [-0.15, -0.1) is 0 Å². The maximum atomic E-state index is 11.5. The average Bonchev–Trinajstić information content (AvgIpc) is 2.57. The molecule has 0 aromatic heterocycles. The lowest BCUT2D eigenvalue weighted by Gasteiger charge is -2.01. The highest BCUT2D eigenvalue weighted by molar-refractivity contribution is 9.10. The highest BCUT2D eigenvalue weighted by atomic mass is 79.9. The van der Waals surface area contributed by atoms with Crippen LogP contribution in [0.3, 0.4) is 0 Å². The summed E-state index contributed by atoms with van der Waals surface area (Å²) in [4.78, 5) is 22.9. The fraction of sp³-hybridized carbons (Fsp3) is 0.167. The second-order valence-electron chi connectivity index (χ2n) is 3.31. The van der Waals surface area contributed by atoms with E-state index in [1.165, 1.54) is 6.08 Å². The second kappa shape index (κ2) is 4.71. The molecular formula is C12H9BrO4. The predicted octanol–water partition coefficient (Wildman–Crippen LogP) is 2.52. The van der Waals surface area contributed by atoms with Crippen molar-refractivity contribution in [1.82, 2.24) is 0 Å². The van der Waals surface area contributed by atoms with Crippen molar-refractivity contribution in [1.29, 1.82) is 0 Å². The number of cyclic esters (lactones) is 1. The summed E-state index contributed by atoms with van der Waals surface area (Å²) in [6, 6.07) is 5.16. The van der Waals surface area contributed by atoms with Gasteiger partial charge in [-0.1, -0.05) is 22.0 Å². The molecule has 0 unspecified atom stereocenters. The smallest absolute Gasteiger partial charge is 0.344 e. The van der Waals surface area contributed by atoms with Gasteiger partial charge in [0, 0.05) is 10.0 Å². The van der Waals surface area contributed by atoms with Crippen LogP contribution < -0.4 is 0 Å². The maximum absolute atomic E-state index is 11.5. The predicted molar refractivity (Wildman–Crippen MR) is 64.2 cm³/mol. The van der Waals surface area contributed by atoms with Crippen LogP contribution in [0.15, 0.2) is 28.7 Å². The van der Waals surface area contributed by atoms with Gasteiger partial charge in [-0.05, 0) is 19.1 Å². The van der Waals surface area contributed by atoms with Crippen molar-refractivity contribution in [3.05, 3.63) is 39.9 Å². The average molecular weight is 297 g/mol. The van der Waals surface area contributed by atoms with Crippen LogP contribution in [0.1, 0.15) is 22.8 Å². The zero-order valence-corrected chi connectivity index (χ0v) is 10.6. The summed E-state index contributed by atoms with van der Waals surface area (Å²) in [5.41, 5.74) is 1.03. The Morgan fingerprint density at radius 2 is 2.29 bits per heavy atom. The summed E-state index contributed by atoms with van der Waals surface area (Å²) in [6.45, 7) is 1.99. The Morgan fingerprint density at radius 3 is 3.00 bits per heavy atom. The molecule has 88 valence electrons. The fourth-order valence-electron chi connectivity index (χ4n) is 1.54. The van der Waals surface area contributed by atoms with E-state index < -0.39 is 11.9 Å². The van der Waals surface area contributed by atoms with E-state index in [2.05, 4.69) is 15.9 Å². The molecule has 0 saturated heterocycles. The Bertz CT molecular complexity index is 519. The van der Waals surface area contributed by atoms with Gasteiger partial charge in [0.05, 0.1) is 18.2 Å². The van der Waals surface area contributed by atoms with Crippen LogP contribution in [0.2, 0.25) is 0 Å². The molecule has 0 aliphatic carbocycles. The summed E-state index contributed by atoms with van der Waals surface area (Å²) < 4.78 is 10.5. The zero-order valence-electron chi connectivity index (χ0n) is 9.03. The van der Waals surface area contributed by atoms with E-state index in [9.17, 15) is 9.59 Å². The molecule has 0 N–H and O–H groups in total. The van der Waals surface area contributed by atoms with Crippen LogP contribution in [0.4, 0.5) is 0 Å². The van der Waals surface area contributed by atoms with Crippen molar-refractivity contribution in [2.75, 3.05) is 6.61 Å². The van der Waals surface area contributed by atoms with E-state index in [1.54, 1.807) is 25.1 Å². The lowest BCUT2D eigenvalue weighted by molar-refractivity contribution is -0.137. The Balaban J connectivity index is 2.43. The van der Waals surface area contributed by atoms with Gasteiger partial charge in [0.1, 0.15) is 5.76 Å². The number of rotatable bonds is 2. The molecule has 0 radical (unpaired) electrons. The zero-order chi connectivity index (χ0) is 12.4. The molecule has 17 heavy (non-hydrogen) atoms. The number of esters is 2. The van der Waals surface area contributed by atoms with Gasteiger partial charge in [0.15, 0.2) is 0 Å². The van der Waals surface area contributed by atoms with Crippen LogP contribution >= 0.6 is 15.9 Å². The molecule has 1 aliphatic rings. The van der Waals surface area contributed by atoms with Gasteiger partial charge in [0.25, 0.3) is 0 Å². The largest absolute Gasteiger partial charge is 0.463 e. The van der Waals surface area contributed by atoms with Crippen LogP contribution in [-0.2, 0) is 14.3 Å². The van der Waals surface area contributed by atoms with Crippen LogP contribution in [0, 0.1) is 0 Å². The third-order valence-electron chi connectivity index (χ3n) is 2.22. The van der Waals surface area contributed by atoms with Crippen LogP contribution in [0.25, 0.3) is 5.76 Å². The molecule has 0 fully saturated rings. The first kappa shape index (κ1) is 11.9. The van der Waals surface area contributed by atoms with Crippen molar-refractivity contribution < 1.29 is 19.1 Å². The molecule has 1 aromatic carbocycles. The van der Waals surface area contributed by atoms with Crippen LogP contribution in [-0.4, -0.2) is 18.5 Å². The van der Waals surface area contributed by atoms with E-state index in [1.807, 2.05) is 0 Å². The fourth-order valence-corrected chi connectivity index (χ4v) is 2.10. The third kappa shape index (κ3) is 2.24. The Labute approximate surface area is 106 Å². The summed E-state index contributed by atoms with van der Waals surface area (Å²) in [5, 5.41) is 0. The second-order valence-corrected chi connectivity index (χ2v) is 4.17. The van der Waals surface area contributed by atoms with Crippen LogP contribution in [0.5, 0.6) is 0 Å². The molecular weight excluding hydrogens is 288 g/mol. The molecule has 5 heteroatoms. The van der Waals surface area contributed by atoms with Crippen molar-refractivity contribution in [2.45, 2.75) is 6.92 Å². The Hall–Kier alpha value is -1.62. The SMILES string of the molecule is CCOC(=O)C=C1OC(=O)c2cccc(Br)c21. The summed E-state index contributed by atoms with van der Waals surface area (Å²) in [5.74, 6) is -0.772. The Morgan fingerprint density at radius 1 is 1.53 bits per heavy atom. The minimum Gasteiger partial charge on any atom is -0.463 e. The van der Waals surface area contributed by atoms with Gasteiger partial charge >= 0.3 is 11.9 Å². The normalized spacial score (nSPS) is 15.6. The first-order chi connectivity index (χ1) is 8.13. The molecule has 2 rings (SSSR count). The number of halogens is 1. The van der Waals surface area contributed by atoms with E-state index in [0.717, 1.165) is 0 Å². The van der Waals surface area contributed by atoms with Crippen molar-refractivity contribution in [3.8, 4) is 0 Å². The highest BCUT2D eigenvalue weighted by Crippen LogP contribution is 2.35. The van der Waals surface area contributed by atoms with Gasteiger partial charge in [0.2, 0.25) is 0 Å². The number of carbonyl (C=O) groups excluding carboxylic acids is 2. The lowest BCUT2D eigenvalue weighted by Crippen LogP contribution is -2.01. The van der Waals surface area contributed by atoms with Crippen molar-refractivity contribution in [3.63, 3.8) is 0 Å². The number of hydrogen-bond donors (Lipinski definition) is 0. The molecule has 0 atom stereocenters. The van der Waals surface area contributed by atoms with Gasteiger partial charge in [-0.2, -0.15) is 0 Å². The summed E-state index contributed by atoms with van der Waals surface area (Å²) >= 11 is 3.32. The number of carbonyl (C=O) groups is 2. The first-order valence-electron chi connectivity index (χ1n) is 5.03. The number of fused-ring (bicyclic) bond motifs is 1. The molecule has 0 spiro atoms.